The molecule has 1 N–H and O–H groups in total. The average molecular weight is 345 g/mol. The first-order valence-corrected chi connectivity index (χ1v) is 8.55. The Hall–Kier alpha value is -2.14. The van der Waals surface area contributed by atoms with E-state index in [2.05, 4.69) is 22.2 Å². The van der Waals surface area contributed by atoms with E-state index in [1.165, 1.54) is 12.6 Å². The summed E-state index contributed by atoms with van der Waals surface area (Å²) in [6.07, 6.45) is 5.36. The van der Waals surface area contributed by atoms with Gasteiger partial charge >= 0.3 is 0 Å². The van der Waals surface area contributed by atoms with Gasteiger partial charge in [-0.25, -0.2) is 9.97 Å². The van der Waals surface area contributed by atoms with Crippen molar-refractivity contribution < 1.29 is 4.79 Å². The maximum Gasteiger partial charge on any atom is 0.274 e. The van der Waals surface area contributed by atoms with Crippen molar-refractivity contribution in [2.24, 2.45) is 5.92 Å². The summed E-state index contributed by atoms with van der Waals surface area (Å²) in [6.45, 7) is 5.74. The van der Waals surface area contributed by atoms with Gasteiger partial charge < -0.3 is 10.2 Å². The molecule has 24 heavy (non-hydrogen) atoms. The third-order valence-electron chi connectivity index (χ3n) is 4.27. The average Bonchev–Trinajstić information content (AvgIpc) is 2.57. The maximum absolute atomic E-state index is 12.5. The molecule has 1 aliphatic rings. The smallest absolute Gasteiger partial charge is 0.274 e. The molecule has 5 nitrogen and oxygen atoms in total. The van der Waals surface area contributed by atoms with Gasteiger partial charge in [0.1, 0.15) is 11.5 Å². The lowest BCUT2D eigenvalue weighted by Gasteiger charge is -2.30. The highest BCUT2D eigenvalue weighted by Crippen LogP contribution is 2.22. The summed E-state index contributed by atoms with van der Waals surface area (Å²) in [5.74, 6) is 1.11. The Balaban J connectivity index is 1.69. The number of carbonyl (C=O) groups is 1. The Kier molecular flexibility index (Phi) is 5.00. The largest absolute Gasteiger partial charge is 0.339 e. The Bertz CT molecular complexity index is 732. The molecule has 1 aromatic heterocycles. The van der Waals surface area contributed by atoms with Gasteiger partial charge in [-0.1, -0.05) is 18.5 Å². The molecule has 1 aliphatic heterocycles. The predicted octanol–water partition coefficient (Wildman–Crippen LogP) is 4.05. The molecular weight excluding hydrogens is 324 g/mol. The number of nitrogens with one attached hydrogen (secondary N) is 1. The molecule has 1 amide bonds. The van der Waals surface area contributed by atoms with Crippen LogP contribution in [-0.2, 0) is 0 Å². The Morgan fingerprint density at radius 1 is 1.33 bits per heavy atom. The number of benzene rings is 1. The summed E-state index contributed by atoms with van der Waals surface area (Å²) in [5.41, 5.74) is 2.33. The fourth-order valence-corrected chi connectivity index (χ4v) is 3.17. The summed E-state index contributed by atoms with van der Waals surface area (Å²) in [6, 6.07) is 5.60. The monoisotopic (exact) mass is 344 g/mol. The highest BCUT2D eigenvalue weighted by Gasteiger charge is 2.23. The van der Waals surface area contributed by atoms with E-state index >= 15 is 0 Å². The second-order valence-electron chi connectivity index (χ2n) is 6.37. The minimum absolute atomic E-state index is 0.0386. The van der Waals surface area contributed by atoms with Gasteiger partial charge in [-0.15, -0.1) is 0 Å². The van der Waals surface area contributed by atoms with E-state index in [1.807, 2.05) is 30.0 Å². The second-order valence-corrected chi connectivity index (χ2v) is 6.81. The number of anilines is 2. The number of likely N-dealkylation sites (tertiary alicyclic amines) is 1. The van der Waals surface area contributed by atoms with Crippen LogP contribution in [0.1, 0.15) is 35.8 Å². The maximum atomic E-state index is 12.5. The van der Waals surface area contributed by atoms with Crippen LogP contribution in [0.25, 0.3) is 0 Å². The first kappa shape index (κ1) is 16.7. The number of hydrogen-bond acceptors (Lipinski definition) is 4. The van der Waals surface area contributed by atoms with Crippen molar-refractivity contribution >= 4 is 29.0 Å². The normalized spacial score (nSPS) is 17.6. The quantitative estimate of drug-likeness (QED) is 0.912. The molecule has 6 heteroatoms. The summed E-state index contributed by atoms with van der Waals surface area (Å²) in [4.78, 5) is 23.0. The SMILES string of the molecule is Cc1cc(Cl)ccc1Nc1cnc(C(=O)N2CCCC(C)C2)cn1. The van der Waals surface area contributed by atoms with E-state index in [0.29, 0.717) is 22.5 Å². The van der Waals surface area contributed by atoms with Crippen LogP contribution in [0.4, 0.5) is 11.5 Å². The van der Waals surface area contributed by atoms with Crippen LogP contribution in [0.2, 0.25) is 5.02 Å². The zero-order valence-electron chi connectivity index (χ0n) is 13.9. The van der Waals surface area contributed by atoms with E-state index in [-0.39, 0.29) is 5.91 Å². The number of amides is 1. The molecule has 3 rings (SSSR count). The molecule has 0 spiro atoms. The summed E-state index contributed by atoms with van der Waals surface area (Å²) in [7, 11) is 0. The van der Waals surface area contributed by atoms with Crippen molar-refractivity contribution in [2.45, 2.75) is 26.7 Å². The van der Waals surface area contributed by atoms with Crippen LogP contribution in [0.3, 0.4) is 0 Å². The van der Waals surface area contributed by atoms with Crippen molar-refractivity contribution in [2.75, 3.05) is 18.4 Å². The lowest BCUT2D eigenvalue weighted by atomic mass is 10.0. The van der Waals surface area contributed by atoms with Crippen molar-refractivity contribution in [3.8, 4) is 0 Å². The van der Waals surface area contributed by atoms with Gasteiger partial charge in [0.2, 0.25) is 0 Å². The fourth-order valence-electron chi connectivity index (χ4n) is 2.94. The molecule has 0 radical (unpaired) electrons. The number of rotatable bonds is 3. The molecule has 0 saturated carbocycles. The topological polar surface area (TPSA) is 58.1 Å². The van der Waals surface area contributed by atoms with Crippen molar-refractivity contribution in [1.29, 1.82) is 0 Å². The molecule has 1 saturated heterocycles. The van der Waals surface area contributed by atoms with Crippen molar-refractivity contribution in [1.82, 2.24) is 14.9 Å². The Morgan fingerprint density at radius 2 is 2.17 bits per heavy atom. The van der Waals surface area contributed by atoms with Crippen molar-refractivity contribution in [3.05, 3.63) is 46.9 Å². The fraction of sp³-hybridized carbons (Fsp3) is 0.389. The molecular formula is C18H21ClN4O. The number of piperidine rings is 1. The van der Waals surface area contributed by atoms with Crippen LogP contribution < -0.4 is 5.32 Å². The molecule has 0 bridgehead atoms. The summed E-state index contributed by atoms with van der Waals surface area (Å²) >= 11 is 5.96. The standard InChI is InChI=1S/C18H21ClN4O/c1-12-4-3-7-23(11-12)18(24)16-9-21-17(10-20-16)22-15-6-5-14(19)8-13(15)2/h5-6,8-10,12H,3-4,7,11H2,1-2H3,(H,21,22). The van der Waals surface area contributed by atoms with Gasteiger partial charge in [-0.2, -0.15) is 0 Å². The number of nitrogens with zero attached hydrogens (tertiary/aromatic N) is 3. The first-order valence-electron chi connectivity index (χ1n) is 8.17. The highest BCUT2D eigenvalue weighted by atomic mass is 35.5. The molecule has 1 unspecified atom stereocenters. The molecule has 2 heterocycles. The molecule has 1 atom stereocenters. The lowest BCUT2D eigenvalue weighted by Crippen LogP contribution is -2.39. The summed E-state index contributed by atoms with van der Waals surface area (Å²) < 4.78 is 0. The zero-order valence-corrected chi connectivity index (χ0v) is 14.7. The van der Waals surface area contributed by atoms with Gasteiger partial charge in [-0.3, -0.25) is 4.79 Å². The van der Waals surface area contributed by atoms with E-state index < -0.39 is 0 Å². The number of halogens is 1. The van der Waals surface area contributed by atoms with Gasteiger partial charge in [0.25, 0.3) is 5.91 Å². The molecule has 1 fully saturated rings. The Morgan fingerprint density at radius 3 is 2.83 bits per heavy atom. The summed E-state index contributed by atoms with van der Waals surface area (Å²) in [5, 5.41) is 3.89. The van der Waals surface area contributed by atoms with E-state index in [1.54, 1.807) is 6.20 Å². The van der Waals surface area contributed by atoms with Gasteiger partial charge in [0.05, 0.1) is 12.4 Å². The predicted molar refractivity (Wildman–Crippen MR) is 95.8 cm³/mol. The molecule has 126 valence electrons. The van der Waals surface area contributed by atoms with E-state index in [0.717, 1.165) is 30.8 Å². The van der Waals surface area contributed by atoms with Gasteiger partial charge in [-0.05, 0) is 49.4 Å². The third kappa shape index (κ3) is 3.85. The minimum atomic E-state index is -0.0386. The number of aryl methyl sites for hydroxylation is 1. The van der Waals surface area contributed by atoms with Gasteiger partial charge in [0, 0.05) is 23.8 Å². The molecule has 1 aromatic carbocycles. The zero-order chi connectivity index (χ0) is 17.1. The number of aromatic nitrogens is 2. The number of hydrogen-bond donors (Lipinski definition) is 1. The molecule has 0 aliphatic carbocycles. The minimum Gasteiger partial charge on any atom is -0.339 e. The van der Waals surface area contributed by atoms with E-state index in [9.17, 15) is 4.79 Å². The van der Waals surface area contributed by atoms with Crippen LogP contribution in [-0.4, -0.2) is 33.9 Å². The van der Waals surface area contributed by atoms with Crippen LogP contribution in [0.5, 0.6) is 0 Å². The van der Waals surface area contributed by atoms with Gasteiger partial charge in [0.15, 0.2) is 0 Å². The third-order valence-corrected chi connectivity index (χ3v) is 4.50. The second kappa shape index (κ2) is 7.18. The van der Waals surface area contributed by atoms with Crippen LogP contribution >= 0.6 is 11.6 Å². The van der Waals surface area contributed by atoms with Crippen LogP contribution in [0.15, 0.2) is 30.6 Å². The highest BCUT2D eigenvalue weighted by molar-refractivity contribution is 6.30. The lowest BCUT2D eigenvalue weighted by molar-refractivity contribution is 0.0676. The van der Waals surface area contributed by atoms with Crippen molar-refractivity contribution in [3.63, 3.8) is 0 Å². The first-order chi connectivity index (χ1) is 11.5. The Labute approximate surface area is 147 Å². The number of carbonyl (C=O) groups excluding carboxylic acids is 1. The van der Waals surface area contributed by atoms with E-state index in [4.69, 9.17) is 11.6 Å². The van der Waals surface area contributed by atoms with Crippen LogP contribution in [0, 0.1) is 12.8 Å². The molecule has 2 aromatic rings.